The van der Waals surface area contributed by atoms with E-state index in [1.807, 2.05) is 15.2 Å². The lowest BCUT2D eigenvalue weighted by Gasteiger charge is -2.17. The van der Waals surface area contributed by atoms with Crippen molar-refractivity contribution in [3.8, 4) is 0 Å². The van der Waals surface area contributed by atoms with E-state index in [4.69, 9.17) is 14.5 Å². The highest BCUT2D eigenvalue weighted by molar-refractivity contribution is 7.51. The van der Waals surface area contributed by atoms with E-state index in [1.54, 1.807) is 12.5 Å². The van der Waals surface area contributed by atoms with E-state index in [0.717, 1.165) is 42.9 Å². The first kappa shape index (κ1) is 16.5. The summed E-state index contributed by atoms with van der Waals surface area (Å²) in [5.74, 6) is 1.44. The molecule has 4 rings (SSSR count). The maximum absolute atomic E-state index is 10.9. The smallest absolute Gasteiger partial charge is 0.350 e. The number of nitrogens with zero attached hydrogens (tertiary/aromatic N) is 6. The standard InChI is InChI=1S/C14H19N6O4P/c21-25(22,23)10-24-8-7-19-9-16-11-12(18-4-1-2-5-18)17-14-15-3-6-20(14)13(11)19/h3,6,9H,1-2,4-5,7-8,10H2,(H2,21,22,23). The fourth-order valence-electron chi connectivity index (χ4n) is 3.14. The van der Waals surface area contributed by atoms with Gasteiger partial charge in [-0.2, -0.15) is 4.98 Å². The first-order valence-electron chi connectivity index (χ1n) is 8.08. The van der Waals surface area contributed by atoms with E-state index >= 15 is 0 Å². The molecule has 0 saturated carbocycles. The molecule has 1 aliphatic rings. The Morgan fingerprint density at radius 1 is 1.24 bits per heavy atom. The third kappa shape index (κ3) is 3.25. The number of anilines is 1. The lowest BCUT2D eigenvalue weighted by atomic mass is 10.4. The molecule has 1 aliphatic heterocycles. The second-order valence-corrected chi connectivity index (χ2v) is 7.63. The van der Waals surface area contributed by atoms with Crippen molar-refractivity contribution in [3.63, 3.8) is 0 Å². The molecule has 0 amide bonds. The van der Waals surface area contributed by atoms with Crippen LogP contribution >= 0.6 is 7.60 Å². The Balaban J connectivity index is 1.67. The van der Waals surface area contributed by atoms with Crippen molar-refractivity contribution in [3.05, 3.63) is 18.7 Å². The van der Waals surface area contributed by atoms with Crippen LogP contribution in [0.5, 0.6) is 0 Å². The van der Waals surface area contributed by atoms with E-state index in [0.29, 0.717) is 12.3 Å². The molecule has 0 atom stereocenters. The summed E-state index contributed by atoms with van der Waals surface area (Å²) < 4.78 is 19.7. The normalized spacial score (nSPS) is 15.7. The molecule has 0 aromatic carbocycles. The maximum atomic E-state index is 10.9. The van der Waals surface area contributed by atoms with Gasteiger partial charge in [-0.1, -0.05) is 0 Å². The van der Waals surface area contributed by atoms with E-state index in [-0.39, 0.29) is 6.61 Å². The molecule has 2 N–H and O–H groups in total. The van der Waals surface area contributed by atoms with Crippen LogP contribution in [0.3, 0.4) is 0 Å². The van der Waals surface area contributed by atoms with Crippen LogP contribution in [0.1, 0.15) is 12.8 Å². The number of hydrogen-bond acceptors (Lipinski definition) is 6. The molecule has 134 valence electrons. The van der Waals surface area contributed by atoms with E-state index in [1.165, 1.54) is 0 Å². The molecule has 0 spiro atoms. The molecule has 0 unspecified atom stereocenters. The molecule has 0 radical (unpaired) electrons. The van der Waals surface area contributed by atoms with Crippen molar-refractivity contribution in [1.29, 1.82) is 0 Å². The van der Waals surface area contributed by atoms with Gasteiger partial charge in [0.05, 0.1) is 12.9 Å². The third-order valence-corrected chi connectivity index (χ3v) is 4.74. The van der Waals surface area contributed by atoms with Crippen LogP contribution in [0.2, 0.25) is 0 Å². The molecule has 3 aromatic heterocycles. The molecule has 4 heterocycles. The van der Waals surface area contributed by atoms with E-state index in [9.17, 15) is 4.57 Å². The molecule has 1 saturated heterocycles. The van der Waals surface area contributed by atoms with Crippen LogP contribution in [-0.4, -0.2) is 59.8 Å². The third-order valence-electron chi connectivity index (χ3n) is 4.22. The zero-order valence-electron chi connectivity index (χ0n) is 13.5. The molecule has 0 bridgehead atoms. The maximum Gasteiger partial charge on any atom is 0.350 e. The van der Waals surface area contributed by atoms with E-state index in [2.05, 4.69) is 19.9 Å². The Labute approximate surface area is 143 Å². The van der Waals surface area contributed by atoms with Crippen molar-refractivity contribution >= 4 is 30.4 Å². The van der Waals surface area contributed by atoms with Gasteiger partial charge in [0.15, 0.2) is 11.5 Å². The summed E-state index contributed by atoms with van der Waals surface area (Å²) in [7, 11) is -4.15. The number of hydrogen-bond donors (Lipinski definition) is 2. The largest absolute Gasteiger partial charge is 0.367 e. The summed E-state index contributed by atoms with van der Waals surface area (Å²) in [5, 5.41) is 0. The van der Waals surface area contributed by atoms with Crippen molar-refractivity contribution < 1.29 is 19.1 Å². The molecule has 3 aromatic rings. The first-order valence-corrected chi connectivity index (χ1v) is 9.88. The van der Waals surface area contributed by atoms with Gasteiger partial charge < -0.3 is 24.0 Å². The summed E-state index contributed by atoms with van der Waals surface area (Å²) >= 11 is 0. The zero-order chi connectivity index (χ0) is 17.4. The van der Waals surface area contributed by atoms with Crippen molar-refractivity contribution in [2.45, 2.75) is 19.4 Å². The quantitative estimate of drug-likeness (QED) is 0.487. The highest BCUT2D eigenvalue weighted by Gasteiger charge is 2.21. The lowest BCUT2D eigenvalue weighted by molar-refractivity contribution is 0.149. The average Bonchev–Trinajstić information content (AvgIpc) is 3.28. The van der Waals surface area contributed by atoms with Crippen molar-refractivity contribution in [2.24, 2.45) is 0 Å². The Kier molecular flexibility index (Phi) is 4.20. The highest BCUT2D eigenvalue weighted by Crippen LogP contribution is 2.33. The first-order chi connectivity index (χ1) is 12.0. The van der Waals surface area contributed by atoms with Gasteiger partial charge in [-0.25, -0.2) is 9.97 Å². The average molecular weight is 366 g/mol. The topological polar surface area (TPSA) is 118 Å². The van der Waals surface area contributed by atoms with Gasteiger partial charge in [-0.3, -0.25) is 8.97 Å². The van der Waals surface area contributed by atoms with Gasteiger partial charge in [-0.05, 0) is 12.8 Å². The molecule has 11 heteroatoms. The minimum atomic E-state index is -4.15. The fourth-order valence-corrected chi connectivity index (χ4v) is 3.50. The Bertz CT molecular complexity index is 941. The van der Waals surface area contributed by atoms with E-state index < -0.39 is 13.9 Å². The van der Waals surface area contributed by atoms with Crippen LogP contribution in [-0.2, 0) is 15.8 Å². The summed E-state index contributed by atoms with van der Waals surface area (Å²) in [5.41, 5.74) is 1.64. The zero-order valence-corrected chi connectivity index (χ0v) is 14.4. The molecular formula is C14H19N6O4P. The molecule has 1 fully saturated rings. The predicted octanol–water partition coefficient (Wildman–Crippen LogP) is 0.831. The fraction of sp³-hybridized carbons (Fsp3) is 0.500. The second kappa shape index (κ2) is 6.38. The Hall–Kier alpha value is -2.00. The summed E-state index contributed by atoms with van der Waals surface area (Å²) in [6.07, 6.45) is 6.91. The van der Waals surface area contributed by atoms with Gasteiger partial charge in [0.25, 0.3) is 0 Å². The van der Waals surface area contributed by atoms with Crippen LogP contribution in [0.4, 0.5) is 5.82 Å². The molecular weight excluding hydrogens is 347 g/mol. The van der Waals surface area contributed by atoms with Gasteiger partial charge in [0.1, 0.15) is 11.9 Å². The summed E-state index contributed by atoms with van der Waals surface area (Å²) in [6.45, 7) is 2.51. The Morgan fingerprint density at radius 3 is 2.80 bits per heavy atom. The van der Waals surface area contributed by atoms with Gasteiger partial charge >= 0.3 is 7.60 Å². The van der Waals surface area contributed by atoms with Gasteiger partial charge in [-0.15, -0.1) is 0 Å². The molecule has 0 aliphatic carbocycles. The van der Waals surface area contributed by atoms with Crippen LogP contribution in [0, 0.1) is 0 Å². The number of rotatable bonds is 6. The number of aromatic nitrogens is 5. The highest BCUT2D eigenvalue weighted by atomic mass is 31.2. The van der Waals surface area contributed by atoms with Gasteiger partial charge in [0.2, 0.25) is 5.78 Å². The minimum absolute atomic E-state index is 0.175. The summed E-state index contributed by atoms with van der Waals surface area (Å²) in [6, 6.07) is 0. The number of imidazole rings is 2. The van der Waals surface area contributed by atoms with Crippen LogP contribution in [0.15, 0.2) is 18.7 Å². The molecule has 10 nitrogen and oxygen atoms in total. The SMILES string of the molecule is O=P(O)(O)COCCn1cnc2c(N3CCCC3)nc3nccn3c21. The number of fused-ring (bicyclic) bond motifs is 3. The van der Waals surface area contributed by atoms with Crippen molar-refractivity contribution in [1.82, 2.24) is 23.9 Å². The predicted molar refractivity (Wildman–Crippen MR) is 90.6 cm³/mol. The second-order valence-electron chi connectivity index (χ2n) is 6.04. The molecule has 25 heavy (non-hydrogen) atoms. The van der Waals surface area contributed by atoms with Crippen LogP contribution in [0.25, 0.3) is 16.9 Å². The monoisotopic (exact) mass is 366 g/mol. The lowest BCUT2D eigenvalue weighted by Crippen LogP contribution is -2.20. The van der Waals surface area contributed by atoms with Crippen LogP contribution < -0.4 is 4.90 Å². The van der Waals surface area contributed by atoms with Crippen molar-refractivity contribution in [2.75, 3.05) is 30.9 Å². The number of ether oxygens (including phenoxy) is 1. The van der Waals surface area contributed by atoms with Gasteiger partial charge in [0, 0.05) is 32.0 Å². The minimum Gasteiger partial charge on any atom is -0.367 e. The summed E-state index contributed by atoms with van der Waals surface area (Å²) in [4.78, 5) is 33.4. The Morgan fingerprint density at radius 2 is 2.04 bits per heavy atom.